The average Bonchev–Trinajstić information content (AvgIpc) is 3.20. The first kappa shape index (κ1) is 27.8. The number of alkyl halides is 8. The number of rotatable bonds is 4. The minimum Gasteiger partial charge on any atom is -0.618 e. The van der Waals surface area contributed by atoms with Crippen LogP contribution in [0.1, 0.15) is 52.0 Å². The van der Waals surface area contributed by atoms with Crippen molar-refractivity contribution >= 4 is 23.2 Å². The van der Waals surface area contributed by atoms with Crippen molar-refractivity contribution in [1.82, 2.24) is 5.32 Å². The van der Waals surface area contributed by atoms with Crippen LogP contribution in [-0.2, 0) is 16.6 Å². The van der Waals surface area contributed by atoms with Crippen molar-refractivity contribution < 1.29 is 53.9 Å². The number of aryl methyl sites for hydroxylation is 1. The highest BCUT2D eigenvalue weighted by Crippen LogP contribution is 2.51. The van der Waals surface area contributed by atoms with Crippen molar-refractivity contribution in [2.24, 2.45) is 5.16 Å². The molecule has 1 aromatic carbocycles. The molecular weight excluding hydrogens is 561 g/mol. The number of nitrogens with zero attached hydrogens (tertiary/aromatic N) is 2. The van der Waals surface area contributed by atoms with Crippen LogP contribution >= 0.6 is 11.6 Å². The summed E-state index contributed by atoms with van der Waals surface area (Å²) in [5, 5.41) is 17.3. The number of pyridine rings is 1. The molecule has 206 valence electrons. The maximum atomic E-state index is 14.8. The van der Waals surface area contributed by atoms with Crippen LogP contribution in [0.25, 0.3) is 0 Å². The molecule has 0 spiro atoms. The van der Waals surface area contributed by atoms with Crippen LogP contribution in [0, 0.1) is 17.9 Å². The number of hydrogen-bond donors (Lipinski definition) is 1. The first-order valence-electron chi connectivity index (χ1n) is 10.7. The van der Waals surface area contributed by atoms with E-state index in [9.17, 15) is 49.5 Å². The third-order valence-corrected chi connectivity index (χ3v) is 6.41. The second kappa shape index (κ2) is 8.92. The number of amides is 1. The minimum atomic E-state index is -5.53. The molecular formula is C22H15ClF9N3O3. The van der Waals surface area contributed by atoms with Crippen LogP contribution in [0.2, 0.25) is 5.02 Å². The molecule has 1 N–H and O–H groups in total. The quantitative estimate of drug-likeness (QED) is 0.295. The van der Waals surface area contributed by atoms with Gasteiger partial charge in [-0.05, 0) is 24.6 Å². The van der Waals surface area contributed by atoms with Crippen LogP contribution in [0.15, 0.2) is 29.6 Å². The molecule has 1 aliphatic carbocycles. The lowest BCUT2D eigenvalue weighted by molar-refractivity contribution is -0.607. The SMILES string of the molecule is Cc1cc(C2=NO[C@](c3cc(Cl)cc(C(F)(F)F)c3F)(C(F)(F)F)C2)[n+]([O-])cc1C(=O)NC1CC(F)(F)C1. The van der Waals surface area contributed by atoms with Crippen molar-refractivity contribution in [2.75, 3.05) is 0 Å². The van der Waals surface area contributed by atoms with E-state index in [-0.39, 0.29) is 21.9 Å². The molecule has 1 atom stereocenters. The zero-order valence-corrected chi connectivity index (χ0v) is 19.7. The largest absolute Gasteiger partial charge is 0.618 e. The molecule has 2 aliphatic rings. The fraction of sp³-hybridized carbons (Fsp3) is 0.409. The first-order valence-corrected chi connectivity index (χ1v) is 11.0. The normalized spacial score (nSPS) is 21.5. The Labute approximate surface area is 212 Å². The number of oxime groups is 1. The molecule has 4 rings (SSSR count). The van der Waals surface area contributed by atoms with E-state index in [0.717, 1.165) is 6.07 Å². The van der Waals surface area contributed by atoms with Crippen LogP contribution in [0.4, 0.5) is 39.5 Å². The van der Waals surface area contributed by atoms with Gasteiger partial charge in [0.1, 0.15) is 11.4 Å². The molecule has 2 aromatic rings. The van der Waals surface area contributed by atoms with Gasteiger partial charge in [0, 0.05) is 35.5 Å². The number of nitrogens with one attached hydrogen (secondary N) is 1. The number of halogens is 10. The van der Waals surface area contributed by atoms with Gasteiger partial charge in [-0.3, -0.25) is 4.79 Å². The van der Waals surface area contributed by atoms with Crippen LogP contribution in [-0.4, -0.2) is 29.8 Å². The molecule has 16 heteroatoms. The Morgan fingerprint density at radius 1 is 1.18 bits per heavy atom. The lowest BCUT2D eigenvalue weighted by Gasteiger charge is -2.35. The topological polar surface area (TPSA) is 77.6 Å². The van der Waals surface area contributed by atoms with Gasteiger partial charge < -0.3 is 15.4 Å². The van der Waals surface area contributed by atoms with Crippen molar-refractivity contribution in [2.45, 2.75) is 56.1 Å². The Morgan fingerprint density at radius 2 is 1.82 bits per heavy atom. The van der Waals surface area contributed by atoms with E-state index >= 15 is 0 Å². The monoisotopic (exact) mass is 575 g/mol. The van der Waals surface area contributed by atoms with Gasteiger partial charge in [0.15, 0.2) is 11.9 Å². The number of hydrogen-bond acceptors (Lipinski definition) is 4. The smallest absolute Gasteiger partial charge is 0.435 e. The van der Waals surface area contributed by atoms with Gasteiger partial charge in [0.05, 0.1) is 12.0 Å². The van der Waals surface area contributed by atoms with Crippen molar-refractivity contribution in [1.29, 1.82) is 0 Å². The summed E-state index contributed by atoms with van der Waals surface area (Å²) < 4.78 is 123. The van der Waals surface area contributed by atoms with Crippen LogP contribution in [0.5, 0.6) is 0 Å². The van der Waals surface area contributed by atoms with Gasteiger partial charge in [-0.25, -0.2) is 13.2 Å². The van der Waals surface area contributed by atoms with Crippen molar-refractivity contribution in [3.05, 3.63) is 68.4 Å². The minimum absolute atomic E-state index is 0.0381. The molecule has 0 unspecified atom stereocenters. The van der Waals surface area contributed by atoms with Crippen LogP contribution < -0.4 is 10.0 Å². The highest BCUT2D eigenvalue weighted by molar-refractivity contribution is 6.30. The summed E-state index contributed by atoms with van der Waals surface area (Å²) >= 11 is 5.57. The molecule has 1 saturated carbocycles. The Kier molecular flexibility index (Phi) is 6.52. The van der Waals surface area contributed by atoms with Gasteiger partial charge in [-0.1, -0.05) is 16.8 Å². The van der Waals surface area contributed by atoms with Crippen LogP contribution in [0.3, 0.4) is 0 Å². The fourth-order valence-electron chi connectivity index (χ4n) is 4.22. The predicted octanol–water partition coefficient (Wildman–Crippen LogP) is 5.55. The molecule has 38 heavy (non-hydrogen) atoms. The number of aromatic nitrogens is 1. The third-order valence-electron chi connectivity index (χ3n) is 6.19. The van der Waals surface area contributed by atoms with E-state index in [4.69, 9.17) is 11.6 Å². The highest BCUT2D eigenvalue weighted by Gasteiger charge is 2.64. The second-order valence-corrected chi connectivity index (χ2v) is 9.40. The molecule has 1 amide bonds. The number of carbonyl (C=O) groups excluding carboxylic acids is 1. The van der Waals surface area contributed by atoms with Gasteiger partial charge in [-0.15, -0.1) is 0 Å². The Bertz CT molecular complexity index is 1340. The van der Waals surface area contributed by atoms with Gasteiger partial charge in [0.2, 0.25) is 5.69 Å². The van der Waals surface area contributed by atoms with E-state index in [1.54, 1.807) is 0 Å². The standard InChI is InChI=1S/C22H15ClF9N3O3/c1-9-2-16(35(37)8-12(9)18(36)33-11-5-19(25,26)6-11)15-7-20(38-34-15,22(30,31)32)13-3-10(23)4-14(17(13)24)21(27,28)29/h2-4,8,11H,5-7H2,1H3,(H,33,36)/t20-/m1/s1. The van der Waals surface area contributed by atoms with Crippen molar-refractivity contribution in [3.63, 3.8) is 0 Å². The second-order valence-electron chi connectivity index (χ2n) is 8.96. The van der Waals surface area contributed by atoms with E-state index in [2.05, 4.69) is 15.3 Å². The van der Waals surface area contributed by atoms with Crippen molar-refractivity contribution in [3.8, 4) is 0 Å². The Hall–Kier alpha value is -3.23. The van der Waals surface area contributed by atoms with Gasteiger partial charge in [-0.2, -0.15) is 31.1 Å². The maximum Gasteiger partial charge on any atom is 0.435 e. The Balaban J connectivity index is 1.68. The summed E-state index contributed by atoms with van der Waals surface area (Å²) in [6, 6.07) is 0.559. The molecule has 6 nitrogen and oxygen atoms in total. The zero-order chi connectivity index (χ0) is 28.4. The molecule has 0 saturated heterocycles. The summed E-state index contributed by atoms with van der Waals surface area (Å²) in [5.74, 6) is -6.09. The molecule has 1 aromatic heterocycles. The van der Waals surface area contributed by atoms with Gasteiger partial charge >= 0.3 is 12.4 Å². The number of benzene rings is 1. The summed E-state index contributed by atoms with van der Waals surface area (Å²) in [6.45, 7) is 1.30. The lowest BCUT2D eigenvalue weighted by atomic mass is 9.85. The maximum absolute atomic E-state index is 14.8. The summed E-state index contributed by atoms with van der Waals surface area (Å²) in [5.41, 5.74) is -8.92. The molecule has 0 radical (unpaired) electrons. The van der Waals surface area contributed by atoms with E-state index in [0.29, 0.717) is 12.3 Å². The summed E-state index contributed by atoms with van der Waals surface area (Å²) in [4.78, 5) is 16.9. The zero-order valence-electron chi connectivity index (χ0n) is 18.9. The van der Waals surface area contributed by atoms with E-state index in [1.165, 1.54) is 6.92 Å². The number of carbonyl (C=O) groups is 1. The first-order chi connectivity index (χ1) is 17.3. The third kappa shape index (κ3) is 4.83. The molecule has 1 fully saturated rings. The predicted molar refractivity (Wildman–Crippen MR) is 112 cm³/mol. The fourth-order valence-corrected chi connectivity index (χ4v) is 4.44. The summed E-state index contributed by atoms with van der Waals surface area (Å²) in [7, 11) is 0. The summed E-state index contributed by atoms with van der Waals surface area (Å²) in [6.07, 6.45) is -12.8. The average molecular weight is 576 g/mol. The van der Waals surface area contributed by atoms with E-state index < -0.39 is 88.5 Å². The lowest BCUT2D eigenvalue weighted by Crippen LogP contribution is -2.51. The molecule has 1 aliphatic heterocycles. The van der Waals surface area contributed by atoms with E-state index in [1.807, 2.05) is 0 Å². The molecule has 0 bridgehead atoms. The van der Waals surface area contributed by atoms with Gasteiger partial charge in [0.25, 0.3) is 17.4 Å². The Morgan fingerprint density at radius 3 is 2.37 bits per heavy atom. The highest BCUT2D eigenvalue weighted by atomic mass is 35.5. The molecule has 2 heterocycles.